The molecule has 0 atom stereocenters. The van der Waals surface area contributed by atoms with Gasteiger partial charge in [0.05, 0.1) is 0 Å². The van der Waals surface area contributed by atoms with Gasteiger partial charge in [-0.15, -0.1) is 11.8 Å². The number of thioether (sulfide) groups is 1. The highest BCUT2D eigenvalue weighted by Gasteiger charge is 2.00. The Labute approximate surface area is 89.7 Å². The maximum atomic E-state index is 2.23. The molecule has 0 radical (unpaired) electrons. The zero-order valence-corrected chi connectivity index (χ0v) is 8.96. The average Bonchev–Trinajstić information content (AvgIpc) is 2.29. The third-order valence-corrected chi connectivity index (χ3v) is 3.43. The fraction of sp³-hybridized carbons (Fsp3) is 0.231. The summed E-state index contributed by atoms with van der Waals surface area (Å²) in [6.45, 7) is 0. The van der Waals surface area contributed by atoms with Crippen LogP contribution in [-0.4, -0.2) is 0 Å². The molecular weight excluding hydrogens is 188 g/mol. The van der Waals surface area contributed by atoms with E-state index in [1.807, 2.05) is 11.8 Å². The van der Waals surface area contributed by atoms with Crippen LogP contribution < -0.4 is 0 Å². The summed E-state index contributed by atoms with van der Waals surface area (Å²) in [5.74, 6) is 1.10. The van der Waals surface area contributed by atoms with Gasteiger partial charge in [-0.2, -0.15) is 0 Å². The summed E-state index contributed by atoms with van der Waals surface area (Å²) >= 11 is 1.96. The van der Waals surface area contributed by atoms with Gasteiger partial charge in [-0.25, -0.2) is 0 Å². The van der Waals surface area contributed by atoms with E-state index >= 15 is 0 Å². The largest absolute Gasteiger partial charge is 0.126 e. The van der Waals surface area contributed by atoms with E-state index in [2.05, 4.69) is 48.6 Å². The molecule has 14 heavy (non-hydrogen) atoms. The van der Waals surface area contributed by atoms with E-state index in [1.165, 1.54) is 23.3 Å². The van der Waals surface area contributed by atoms with Gasteiger partial charge in [0, 0.05) is 5.75 Å². The van der Waals surface area contributed by atoms with Crippen molar-refractivity contribution in [1.29, 1.82) is 0 Å². The van der Waals surface area contributed by atoms with E-state index in [1.54, 1.807) is 0 Å². The highest BCUT2D eigenvalue weighted by molar-refractivity contribution is 8.02. The highest BCUT2D eigenvalue weighted by Crippen LogP contribution is 2.27. The molecule has 0 N–H and O–H groups in total. The highest BCUT2D eigenvalue weighted by atomic mass is 32.2. The monoisotopic (exact) mass is 202 g/mol. The molecule has 1 aliphatic carbocycles. The fourth-order valence-electron chi connectivity index (χ4n) is 1.45. The second-order valence-electron chi connectivity index (χ2n) is 3.37. The lowest BCUT2D eigenvalue weighted by Crippen LogP contribution is -1.84. The number of hydrogen-bond donors (Lipinski definition) is 0. The molecule has 0 spiro atoms. The Morgan fingerprint density at radius 3 is 2.71 bits per heavy atom. The SMILES string of the molecule is C1=CCCC(SCc2ccccc2)=C1. The van der Waals surface area contributed by atoms with Crippen molar-refractivity contribution >= 4 is 11.8 Å². The summed E-state index contributed by atoms with van der Waals surface area (Å²) in [5.41, 5.74) is 1.41. The van der Waals surface area contributed by atoms with E-state index in [0.29, 0.717) is 0 Å². The second-order valence-corrected chi connectivity index (χ2v) is 4.48. The van der Waals surface area contributed by atoms with Crippen LogP contribution in [0.1, 0.15) is 18.4 Å². The molecule has 0 aromatic heterocycles. The first kappa shape index (κ1) is 9.60. The quantitative estimate of drug-likeness (QED) is 0.709. The first-order valence-corrected chi connectivity index (χ1v) is 5.96. The Morgan fingerprint density at radius 1 is 1.14 bits per heavy atom. The van der Waals surface area contributed by atoms with Gasteiger partial charge in [0.2, 0.25) is 0 Å². The normalized spacial score (nSPS) is 15.3. The van der Waals surface area contributed by atoms with Crippen LogP contribution in [0.2, 0.25) is 0 Å². The maximum absolute atomic E-state index is 2.23. The van der Waals surface area contributed by atoms with Gasteiger partial charge in [0.1, 0.15) is 0 Å². The van der Waals surface area contributed by atoms with Crippen LogP contribution in [0.4, 0.5) is 0 Å². The number of benzene rings is 1. The van der Waals surface area contributed by atoms with Crippen molar-refractivity contribution in [2.24, 2.45) is 0 Å². The van der Waals surface area contributed by atoms with Gasteiger partial charge in [0.15, 0.2) is 0 Å². The zero-order chi connectivity index (χ0) is 9.64. The molecule has 0 unspecified atom stereocenters. The minimum atomic E-state index is 1.10. The molecule has 0 nitrogen and oxygen atoms in total. The molecule has 1 aromatic carbocycles. The Bertz CT molecular complexity index is 336. The topological polar surface area (TPSA) is 0 Å². The molecule has 0 fully saturated rings. The van der Waals surface area contributed by atoms with Crippen LogP contribution in [0, 0.1) is 0 Å². The summed E-state index contributed by atoms with van der Waals surface area (Å²) in [6, 6.07) is 10.6. The van der Waals surface area contributed by atoms with Crippen molar-refractivity contribution < 1.29 is 0 Å². The maximum Gasteiger partial charge on any atom is 0.0228 e. The lowest BCUT2D eigenvalue weighted by Gasteiger charge is -2.07. The lowest BCUT2D eigenvalue weighted by molar-refractivity contribution is 1.02. The molecule has 0 saturated carbocycles. The Morgan fingerprint density at radius 2 is 2.00 bits per heavy atom. The lowest BCUT2D eigenvalue weighted by atomic mass is 10.2. The number of allylic oxidation sites excluding steroid dienone is 4. The van der Waals surface area contributed by atoms with Crippen molar-refractivity contribution in [2.45, 2.75) is 18.6 Å². The van der Waals surface area contributed by atoms with Gasteiger partial charge >= 0.3 is 0 Å². The van der Waals surface area contributed by atoms with Crippen LogP contribution in [-0.2, 0) is 5.75 Å². The summed E-state index contributed by atoms with van der Waals surface area (Å²) in [5, 5.41) is 0. The standard InChI is InChI=1S/C13H14S/c1-3-7-12(8-4-1)11-14-13-9-5-2-6-10-13/h1-5,7-9H,6,10-11H2. The van der Waals surface area contributed by atoms with E-state index in [9.17, 15) is 0 Å². The molecule has 72 valence electrons. The summed E-state index contributed by atoms with van der Waals surface area (Å²) in [6.07, 6.45) is 9.04. The number of rotatable bonds is 3. The van der Waals surface area contributed by atoms with Crippen LogP contribution in [0.25, 0.3) is 0 Å². The summed E-state index contributed by atoms with van der Waals surface area (Å²) in [7, 11) is 0. The second kappa shape index (κ2) is 5.06. The average molecular weight is 202 g/mol. The van der Waals surface area contributed by atoms with Gasteiger partial charge in [0.25, 0.3) is 0 Å². The van der Waals surface area contributed by atoms with Gasteiger partial charge in [-0.05, 0) is 23.3 Å². The third-order valence-electron chi connectivity index (χ3n) is 2.24. The summed E-state index contributed by atoms with van der Waals surface area (Å²) < 4.78 is 0. The predicted octanol–water partition coefficient (Wildman–Crippen LogP) is 4.15. The molecular formula is C13H14S. The van der Waals surface area contributed by atoms with Crippen LogP contribution >= 0.6 is 11.8 Å². The smallest absolute Gasteiger partial charge is 0.0228 e. The van der Waals surface area contributed by atoms with E-state index in [0.717, 1.165) is 5.75 Å². The van der Waals surface area contributed by atoms with Crippen LogP contribution in [0.5, 0.6) is 0 Å². The summed E-state index contributed by atoms with van der Waals surface area (Å²) in [4.78, 5) is 1.51. The fourth-order valence-corrected chi connectivity index (χ4v) is 2.43. The Kier molecular flexibility index (Phi) is 3.47. The van der Waals surface area contributed by atoms with Crippen LogP contribution in [0.15, 0.2) is 53.5 Å². The Balaban J connectivity index is 1.88. The third kappa shape index (κ3) is 2.78. The molecule has 1 aliphatic rings. The zero-order valence-electron chi connectivity index (χ0n) is 8.15. The predicted molar refractivity (Wildman–Crippen MR) is 64.2 cm³/mol. The van der Waals surface area contributed by atoms with Gasteiger partial charge in [-0.3, -0.25) is 0 Å². The van der Waals surface area contributed by atoms with Crippen molar-refractivity contribution in [3.63, 3.8) is 0 Å². The molecule has 2 rings (SSSR count). The first-order valence-electron chi connectivity index (χ1n) is 4.97. The molecule has 0 saturated heterocycles. The molecule has 1 heteroatoms. The molecule has 0 amide bonds. The van der Waals surface area contributed by atoms with Crippen molar-refractivity contribution in [3.05, 3.63) is 59.0 Å². The Hall–Kier alpha value is -0.950. The van der Waals surface area contributed by atoms with E-state index in [4.69, 9.17) is 0 Å². The van der Waals surface area contributed by atoms with E-state index in [-0.39, 0.29) is 0 Å². The first-order chi connectivity index (χ1) is 6.95. The number of hydrogen-bond acceptors (Lipinski definition) is 1. The molecule has 0 heterocycles. The minimum absolute atomic E-state index is 1.10. The van der Waals surface area contributed by atoms with Crippen molar-refractivity contribution in [1.82, 2.24) is 0 Å². The van der Waals surface area contributed by atoms with Crippen molar-refractivity contribution in [2.75, 3.05) is 0 Å². The van der Waals surface area contributed by atoms with Crippen molar-refractivity contribution in [3.8, 4) is 0 Å². The molecule has 0 aliphatic heterocycles. The molecule has 1 aromatic rings. The molecule has 0 bridgehead atoms. The minimum Gasteiger partial charge on any atom is -0.126 e. The van der Waals surface area contributed by atoms with Crippen LogP contribution in [0.3, 0.4) is 0 Å². The van der Waals surface area contributed by atoms with Gasteiger partial charge in [-0.1, -0.05) is 48.6 Å². The van der Waals surface area contributed by atoms with Gasteiger partial charge < -0.3 is 0 Å². The van der Waals surface area contributed by atoms with E-state index < -0.39 is 0 Å².